The van der Waals surface area contributed by atoms with Crippen molar-refractivity contribution in [2.45, 2.75) is 19.5 Å². The summed E-state index contributed by atoms with van der Waals surface area (Å²) in [6, 6.07) is 14.2. The second-order valence-electron chi connectivity index (χ2n) is 7.53. The van der Waals surface area contributed by atoms with Gasteiger partial charge in [0.1, 0.15) is 17.3 Å². The number of nitrogens with one attached hydrogen (secondary N) is 2. The summed E-state index contributed by atoms with van der Waals surface area (Å²) in [5.74, 6) is 2.01. The van der Waals surface area contributed by atoms with Crippen molar-refractivity contribution in [3.8, 4) is 17.0 Å². The van der Waals surface area contributed by atoms with Crippen molar-refractivity contribution in [2.75, 3.05) is 19.0 Å². The van der Waals surface area contributed by atoms with E-state index in [1.165, 1.54) is 12.1 Å². The summed E-state index contributed by atoms with van der Waals surface area (Å²) in [5.41, 5.74) is 4.76. The van der Waals surface area contributed by atoms with Crippen molar-refractivity contribution in [3.63, 3.8) is 0 Å². The van der Waals surface area contributed by atoms with Gasteiger partial charge in [0.05, 0.1) is 24.6 Å². The van der Waals surface area contributed by atoms with Crippen LogP contribution in [-0.4, -0.2) is 33.9 Å². The van der Waals surface area contributed by atoms with E-state index in [0.717, 1.165) is 53.4 Å². The maximum absolute atomic E-state index is 13.5. The van der Waals surface area contributed by atoms with Crippen LogP contribution in [0.25, 0.3) is 11.3 Å². The molecule has 0 bridgehead atoms. The van der Waals surface area contributed by atoms with Crippen LogP contribution in [0.15, 0.2) is 59.3 Å². The van der Waals surface area contributed by atoms with Gasteiger partial charge in [0.15, 0.2) is 5.82 Å². The molecule has 2 aromatic heterocycles. The van der Waals surface area contributed by atoms with E-state index in [1.807, 2.05) is 30.5 Å². The van der Waals surface area contributed by atoms with Crippen LogP contribution in [0.4, 0.5) is 15.9 Å². The summed E-state index contributed by atoms with van der Waals surface area (Å²) in [6.07, 6.45) is 2.63. The fourth-order valence-corrected chi connectivity index (χ4v) is 3.90. The number of aromatic amines is 1. The molecule has 0 aliphatic carbocycles. The zero-order valence-electron chi connectivity index (χ0n) is 17.1. The third-order valence-corrected chi connectivity index (χ3v) is 5.46. The fourth-order valence-electron chi connectivity index (χ4n) is 3.90. The van der Waals surface area contributed by atoms with Gasteiger partial charge < -0.3 is 14.6 Å². The third kappa shape index (κ3) is 4.02. The lowest BCUT2D eigenvalue weighted by molar-refractivity contribution is 0.229. The lowest BCUT2D eigenvalue weighted by atomic mass is 10.0. The van der Waals surface area contributed by atoms with Crippen LogP contribution in [-0.2, 0) is 19.5 Å². The summed E-state index contributed by atoms with van der Waals surface area (Å²) in [5, 5.41) is 14.7. The standard InChI is InChI=1S/C23H22FN5O2/c1-30-19-7-2-4-15(10-19)22-16(12-25-27-22)13-29-9-8-21-20(14-29)23(28-31-21)26-18-6-3-5-17(24)11-18/h2-7,10-12H,8-9,13-14H2,1H3,(H,25,27)(H,26,28). The van der Waals surface area contributed by atoms with Gasteiger partial charge in [0.2, 0.25) is 0 Å². The molecule has 0 radical (unpaired) electrons. The van der Waals surface area contributed by atoms with Crippen molar-refractivity contribution in [2.24, 2.45) is 0 Å². The van der Waals surface area contributed by atoms with Gasteiger partial charge in [-0.3, -0.25) is 10.00 Å². The van der Waals surface area contributed by atoms with E-state index in [4.69, 9.17) is 9.26 Å². The van der Waals surface area contributed by atoms with Crippen LogP contribution in [0.2, 0.25) is 0 Å². The number of nitrogens with zero attached hydrogens (tertiary/aromatic N) is 3. The highest BCUT2D eigenvalue weighted by atomic mass is 19.1. The number of ether oxygens (including phenoxy) is 1. The number of hydrogen-bond donors (Lipinski definition) is 2. The Hall–Kier alpha value is -3.65. The van der Waals surface area contributed by atoms with E-state index in [0.29, 0.717) is 18.1 Å². The van der Waals surface area contributed by atoms with Crippen molar-refractivity contribution < 1.29 is 13.7 Å². The molecular weight excluding hydrogens is 397 g/mol. The van der Waals surface area contributed by atoms with E-state index >= 15 is 0 Å². The van der Waals surface area contributed by atoms with E-state index in [-0.39, 0.29) is 5.82 Å². The molecule has 0 atom stereocenters. The number of benzene rings is 2. The Morgan fingerprint density at radius 2 is 2.13 bits per heavy atom. The Morgan fingerprint density at radius 1 is 1.23 bits per heavy atom. The maximum Gasteiger partial charge on any atom is 0.178 e. The third-order valence-electron chi connectivity index (χ3n) is 5.46. The first-order valence-electron chi connectivity index (χ1n) is 10.1. The second kappa shape index (κ2) is 8.23. The first kappa shape index (κ1) is 19.3. The zero-order valence-corrected chi connectivity index (χ0v) is 17.1. The van der Waals surface area contributed by atoms with Gasteiger partial charge in [-0.25, -0.2) is 4.39 Å². The lowest BCUT2D eigenvalue weighted by Gasteiger charge is -2.26. The SMILES string of the molecule is COc1cccc(-c2[nH]ncc2CN2CCc3onc(Nc4cccc(F)c4)c3C2)c1. The molecule has 0 amide bonds. The highest BCUT2D eigenvalue weighted by Gasteiger charge is 2.25. The summed E-state index contributed by atoms with van der Waals surface area (Å²) >= 11 is 0. The Bertz CT molecular complexity index is 1200. The van der Waals surface area contributed by atoms with Crippen LogP contribution < -0.4 is 10.1 Å². The monoisotopic (exact) mass is 419 g/mol. The molecule has 2 aromatic carbocycles. The van der Waals surface area contributed by atoms with Gasteiger partial charge in [0, 0.05) is 42.9 Å². The highest BCUT2D eigenvalue weighted by molar-refractivity contribution is 5.64. The molecule has 3 heterocycles. The second-order valence-corrected chi connectivity index (χ2v) is 7.53. The molecule has 7 nitrogen and oxygen atoms in total. The van der Waals surface area contributed by atoms with Gasteiger partial charge in [-0.2, -0.15) is 5.10 Å². The number of hydrogen-bond acceptors (Lipinski definition) is 6. The number of halogens is 1. The maximum atomic E-state index is 13.5. The molecule has 0 spiro atoms. The van der Waals surface area contributed by atoms with Crippen molar-refractivity contribution in [3.05, 3.63) is 77.4 Å². The first-order valence-corrected chi connectivity index (χ1v) is 10.1. The largest absolute Gasteiger partial charge is 0.497 e. The van der Waals surface area contributed by atoms with E-state index in [9.17, 15) is 4.39 Å². The number of aromatic nitrogens is 3. The van der Waals surface area contributed by atoms with Crippen LogP contribution in [0.3, 0.4) is 0 Å². The zero-order chi connectivity index (χ0) is 21.2. The number of fused-ring (bicyclic) bond motifs is 1. The summed E-state index contributed by atoms with van der Waals surface area (Å²) < 4.78 is 24.4. The fraction of sp³-hybridized carbons (Fsp3) is 0.217. The van der Waals surface area contributed by atoms with Crippen LogP contribution in [0.5, 0.6) is 5.75 Å². The van der Waals surface area contributed by atoms with E-state index < -0.39 is 0 Å². The molecular formula is C23H22FN5O2. The molecule has 1 aliphatic heterocycles. The van der Waals surface area contributed by atoms with E-state index in [2.05, 4.69) is 25.6 Å². The molecule has 5 rings (SSSR count). The molecule has 0 unspecified atom stereocenters. The Kier molecular flexibility index (Phi) is 5.13. The molecule has 0 saturated heterocycles. The van der Waals surface area contributed by atoms with Crippen molar-refractivity contribution >= 4 is 11.5 Å². The Morgan fingerprint density at radius 3 is 3.00 bits per heavy atom. The number of methoxy groups -OCH3 is 1. The van der Waals surface area contributed by atoms with Crippen LogP contribution >= 0.6 is 0 Å². The van der Waals surface area contributed by atoms with E-state index in [1.54, 1.807) is 19.2 Å². The number of H-pyrrole nitrogens is 1. The van der Waals surface area contributed by atoms with Crippen LogP contribution in [0, 0.1) is 5.82 Å². The predicted octanol–water partition coefficient (Wildman–Crippen LogP) is 4.51. The van der Waals surface area contributed by atoms with Gasteiger partial charge >= 0.3 is 0 Å². The van der Waals surface area contributed by atoms with Gasteiger partial charge in [-0.1, -0.05) is 23.4 Å². The molecule has 0 saturated carbocycles. The van der Waals surface area contributed by atoms with Gasteiger partial charge in [0.25, 0.3) is 0 Å². The molecule has 1 aliphatic rings. The van der Waals surface area contributed by atoms with Gasteiger partial charge in [-0.05, 0) is 30.3 Å². The predicted molar refractivity (Wildman–Crippen MR) is 115 cm³/mol. The molecule has 31 heavy (non-hydrogen) atoms. The highest BCUT2D eigenvalue weighted by Crippen LogP contribution is 2.31. The summed E-state index contributed by atoms with van der Waals surface area (Å²) in [6.45, 7) is 2.26. The normalized spacial score (nSPS) is 13.7. The Balaban J connectivity index is 1.34. The smallest absolute Gasteiger partial charge is 0.178 e. The minimum Gasteiger partial charge on any atom is -0.497 e. The minimum atomic E-state index is -0.297. The molecule has 8 heteroatoms. The number of anilines is 2. The molecule has 0 fully saturated rings. The number of rotatable bonds is 6. The van der Waals surface area contributed by atoms with Gasteiger partial charge in [-0.15, -0.1) is 0 Å². The van der Waals surface area contributed by atoms with Crippen molar-refractivity contribution in [1.82, 2.24) is 20.3 Å². The van der Waals surface area contributed by atoms with Crippen LogP contribution in [0.1, 0.15) is 16.9 Å². The summed E-state index contributed by atoms with van der Waals surface area (Å²) in [7, 11) is 1.66. The summed E-state index contributed by atoms with van der Waals surface area (Å²) in [4.78, 5) is 2.32. The average Bonchev–Trinajstić information content (AvgIpc) is 3.41. The molecule has 2 N–H and O–H groups in total. The quantitative estimate of drug-likeness (QED) is 0.479. The Labute approximate surface area is 178 Å². The molecule has 158 valence electrons. The topological polar surface area (TPSA) is 79.2 Å². The lowest BCUT2D eigenvalue weighted by Crippen LogP contribution is -2.29. The van der Waals surface area contributed by atoms with Crippen molar-refractivity contribution in [1.29, 1.82) is 0 Å². The molecule has 4 aromatic rings. The average molecular weight is 419 g/mol. The minimum absolute atomic E-state index is 0.297. The first-order chi connectivity index (χ1) is 15.2.